The van der Waals surface area contributed by atoms with Gasteiger partial charge in [-0.1, -0.05) is 0 Å². The Morgan fingerprint density at radius 2 is 1.63 bits per heavy atom. The van der Waals surface area contributed by atoms with E-state index >= 15 is 0 Å². The molecule has 0 aliphatic heterocycles. The Labute approximate surface area is 111 Å². The first-order valence-electron chi connectivity index (χ1n) is 5.47. The van der Waals surface area contributed by atoms with Crippen molar-refractivity contribution in [3.8, 4) is 17.2 Å². The zero-order chi connectivity index (χ0) is 14.3. The fourth-order valence-corrected chi connectivity index (χ4v) is 1.44. The van der Waals surface area contributed by atoms with E-state index in [1.54, 1.807) is 12.1 Å². The Kier molecular flexibility index (Phi) is 5.53. The Morgan fingerprint density at radius 1 is 1.05 bits per heavy atom. The molecule has 0 atom stereocenters. The van der Waals surface area contributed by atoms with Gasteiger partial charge in [-0.3, -0.25) is 0 Å². The third kappa shape index (κ3) is 3.80. The average molecular weight is 267 g/mol. The fraction of sp³-hybridized carbons (Fsp3) is 0.308. The Bertz CT molecular complexity index is 445. The van der Waals surface area contributed by atoms with Gasteiger partial charge in [0.1, 0.15) is 0 Å². The van der Waals surface area contributed by atoms with Crippen LogP contribution in [0.15, 0.2) is 24.4 Å². The Balaban J connectivity index is 2.96. The molecule has 6 heteroatoms. The highest BCUT2D eigenvalue weighted by Crippen LogP contribution is 2.39. The second kappa shape index (κ2) is 7.15. The lowest BCUT2D eigenvalue weighted by atomic mass is 10.2. The third-order valence-electron chi connectivity index (χ3n) is 2.34. The van der Waals surface area contributed by atoms with Gasteiger partial charge in [0.25, 0.3) is 0 Å². The van der Waals surface area contributed by atoms with Gasteiger partial charge in [-0.05, 0) is 0 Å². The van der Waals surface area contributed by atoms with Crippen LogP contribution in [0.3, 0.4) is 0 Å². The first-order chi connectivity index (χ1) is 9.15. The van der Waals surface area contributed by atoms with Crippen LogP contribution in [0.1, 0.15) is 0 Å². The van der Waals surface area contributed by atoms with E-state index in [1.165, 1.54) is 40.7 Å². The van der Waals surface area contributed by atoms with Crippen LogP contribution >= 0.6 is 0 Å². The lowest BCUT2D eigenvalue weighted by Crippen LogP contribution is -1.99. The van der Waals surface area contributed by atoms with Gasteiger partial charge >= 0.3 is 5.97 Å². The molecule has 0 saturated heterocycles. The molecule has 0 radical (unpaired) electrons. The second-order valence-electron chi connectivity index (χ2n) is 3.41. The fourth-order valence-electron chi connectivity index (χ4n) is 1.44. The van der Waals surface area contributed by atoms with Gasteiger partial charge < -0.3 is 24.3 Å². The molecule has 6 nitrogen and oxygen atoms in total. The molecule has 1 aromatic rings. The summed E-state index contributed by atoms with van der Waals surface area (Å²) in [6.45, 7) is 0. The van der Waals surface area contributed by atoms with Crippen LogP contribution in [0.25, 0.3) is 0 Å². The standard InChI is InChI=1S/C13H17NO5/c1-16-10-7-9(14-6-5-12(15)18-3)8-11(17-2)13(10)19-4/h5-8,14H,1-4H3/b6-5+. The van der Waals surface area contributed by atoms with Crippen LogP contribution in [0.4, 0.5) is 5.69 Å². The minimum atomic E-state index is -0.444. The monoisotopic (exact) mass is 267 g/mol. The normalized spacial score (nSPS) is 10.1. The van der Waals surface area contributed by atoms with Gasteiger partial charge in [0.15, 0.2) is 11.5 Å². The molecule has 0 heterocycles. The maximum absolute atomic E-state index is 10.9. The predicted octanol–water partition coefficient (Wildman–Crippen LogP) is 1.81. The number of hydrogen-bond donors (Lipinski definition) is 1. The number of nitrogens with one attached hydrogen (secondary N) is 1. The van der Waals surface area contributed by atoms with E-state index in [2.05, 4.69) is 10.1 Å². The van der Waals surface area contributed by atoms with Crippen LogP contribution in [0.2, 0.25) is 0 Å². The molecule has 104 valence electrons. The number of benzene rings is 1. The number of methoxy groups -OCH3 is 4. The summed E-state index contributed by atoms with van der Waals surface area (Å²) in [5.74, 6) is 1.11. The molecule has 19 heavy (non-hydrogen) atoms. The summed E-state index contributed by atoms with van der Waals surface area (Å²) < 4.78 is 20.1. The van der Waals surface area contributed by atoms with Crippen molar-refractivity contribution in [3.05, 3.63) is 24.4 Å². The summed E-state index contributed by atoms with van der Waals surface area (Å²) in [5, 5.41) is 2.91. The summed E-state index contributed by atoms with van der Waals surface area (Å²) in [6.07, 6.45) is 2.73. The second-order valence-corrected chi connectivity index (χ2v) is 3.41. The highest BCUT2D eigenvalue weighted by atomic mass is 16.5. The average Bonchev–Trinajstić information content (AvgIpc) is 2.45. The van der Waals surface area contributed by atoms with E-state index < -0.39 is 5.97 Å². The smallest absolute Gasteiger partial charge is 0.331 e. The van der Waals surface area contributed by atoms with Crippen molar-refractivity contribution in [2.24, 2.45) is 0 Å². The van der Waals surface area contributed by atoms with Crippen molar-refractivity contribution >= 4 is 11.7 Å². The molecule has 0 amide bonds. The van der Waals surface area contributed by atoms with E-state index in [0.29, 0.717) is 22.9 Å². The van der Waals surface area contributed by atoms with Gasteiger partial charge in [0, 0.05) is 30.1 Å². The Hall–Kier alpha value is -2.37. The third-order valence-corrected chi connectivity index (χ3v) is 2.34. The van der Waals surface area contributed by atoms with Crippen molar-refractivity contribution < 1.29 is 23.7 Å². The molecule has 0 aliphatic carbocycles. The summed E-state index contributed by atoms with van der Waals surface area (Å²) in [4.78, 5) is 10.9. The summed E-state index contributed by atoms with van der Waals surface area (Å²) in [7, 11) is 5.91. The van der Waals surface area contributed by atoms with E-state index in [1.807, 2.05) is 0 Å². The van der Waals surface area contributed by atoms with Crippen molar-refractivity contribution in [2.75, 3.05) is 33.8 Å². The summed E-state index contributed by atoms with van der Waals surface area (Å²) in [6, 6.07) is 3.45. The topological polar surface area (TPSA) is 66.0 Å². The SMILES string of the molecule is COC(=O)/C=C/Nc1cc(OC)c(OC)c(OC)c1. The lowest BCUT2D eigenvalue weighted by Gasteiger charge is -2.13. The molecule has 0 bridgehead atoms. The minimum Gasteiger partial charge on any atom is -0.493 e. The van der Waals surface area contributed by atoms with Gasteiger partial charge in [-0.25, -0.2) is 4.79 Å². The van der Waals surface area contributed by atoms with Gasteiger partial charge in [0.05, 0.1) is 28.4 Å². The van der Waals surface area contributed by atoms with Gasteiger partial charge in [-0.2, -0.15) is 0 Å². The van der Waals surface area contributed by atoms with Crippen molar-refractivity contribution in [2.45, 2.75) is 0 Å². The quantitative estimate of drug-likeness (QED) is 0.626. The van der Waals surface area contributed by atoms with Crippen molar-refractivity contribution in [1.82, 2.24) is 0 Å². The molecule has 0 aliphatic rings. The number of anilines is 1. The molecule has 0 unspecified atom stereocenters. The highest BCUT2D eigenvalue weighted by Gasteiger charge is 2.12. The number of carbonyl (C=O) groups is 1. The van der Waals surface area contributed by atoms with Gasteiger partial charge in [-0.15, -0.1) is 0 Å². The van der Waals surface area contributed by atoms with E-state index in [0.717, 1.165) is 0 Å². The lowest BCUT2D eigenvalue weighted by molar-refractivity contribution is -0.134. The molecule has 0 fully saturated rings. The molecule has 1 N–H and O–H groups in total. The minimum absolute atomic E-state index is 0.444. The number of rotatable bonds is 6. The number of carbonyl (C=O) groups excluding carboxylic acids is 1. The van der Waals surface area contributed by atoms with E-state index in [4.69, 9.17) is 14.2 Å². The summed E-state index contributed by atoms with van der Waals surface area (Å²) >= 11 is 0. The number of esters is 1. The molecule has 1 rings (SSSR count). The molecular weight excluding hydrogens is 250 g/mol. The molecule has 1 aromatic carbocycles. The van der Waals surface area contributed by atoms with Crippen LogP contribution in [0, 0.1) is 0 Å². The van der Waals surface area contributed by atoms with Crippen LogP contribution in [0.5, 0.6) is 17.2 Å². The highest BCUT2D eigenvalue weighted by molar-refractivity contribution is 5.82. The maximum Gasteiger partial charge on any atom is 0.331 e. The van der Waals surface area contributed by atoms with Crippen molar-refractivity contribution in [3.63, 3.8) is 0 Å². The van der Waals surface area contributed by atoms with Crippen LogP contribution < -0.4 is 19.5 Å². The molecular formula is C13H17NO5. The van der Waals surface area contributed by atoms with Crippen LogP contribution in [-0.2, 0) is 9.53 Å². The summed E-state index contributed by atoms with van der Waals surface area (Å²) in [5.41, 5.74) is 0.689. The zero-order valence-corrected chi connectivity index (χ0v) is 11.4. The first-order valence-corrected chi connectivity index (χ1v) is 5.47. The predicted molar refractivity (Wildman–Crippen MR) is 70.9 cm³/mol. The molecule has 0 saturated carbocycles. The molecule has 0 aromatic heterocycles. The van der Waals surface area contributed by atoms with Crippen LogP contribution in [-0.4, -0.2) is 34.4 Å². The molecule has 0 spiro atoms. The zero-order valence-electron chi connectivity index (χ0n) is 11.4. The largest absolute Gasteiger partial charge is 0.493 e. The first kappa shape index (κ1) is 14.7. The Morgan fingerprint density at radius 3 is 2.05 bits per heavy atom. The van der Waals surface area contributed by atoms with Crippen molar-refractivity contribution in [1.29, 1.82) is 0 Å². The van der Waals surface area contributed by atoms with E-state index in [9.17, 15) is 4.79 Å². The van der Waals surface area contributed by atoms with Gasteiger partial charge in [0.2, 0.25) is 5.75 Å². The number of ether oxygens (including phenoxy) is 4. The maximum atomic E-state index is 10.9. The number of hydrogen-bond acceptors (Lipinski definition) is 6. The van der Waals surface area contributed by atoms with E-state index in [-0.39, 0.29) is 0 Å².